The Morgan fingerprint density at radius 2 is 2.29 bits per heavy atom. The second-order valence-electron chi connectivity index (χ2n) is 3.03. The molecule has 70 valence electrons. The number of rotatable bonds is 1. The first-order chi connectivity index (χ1) is 6.77. The maximum atomic E-state index is 10.9. The van der Waals surface area contributed by atoms with Crippen LogP contribution < -0.4 is 5.73 Å². The highest BCUT2D eigenvalue weighted by Crippen LogP contribution is 2.18. The SMILES string of the molecule is NC(=O)C1=CC=C2C=CC=NN=C2C1. The number of primary amides is 1. The van der Waals surface area contributed by atoms with E-state index in [0.29, 0.717) is 12.0 Å². The lowest BCUT2D eigenvalue weighted by Crippen LogP contribution is -2.19. The third kappa shape index (κ3) is 1.54. The maximum absolute atomic E-state index is 10.9. The molecule has 4 nitrogen and oxygen atoms in total. The molecule has 0 aromatic heterocycles. The van der Waals surface area contributed by atoms with E-state index in [0.717, 1.165) is 11.3 Å². The molecule has 0 aromatic carbocycles. The summed E-state index contributed by atoms with van der Waals surface area (Å²) in [4.78, 5) is 10.9. The molecular weight excluding hydrogens is 178 g/mol. The molecule has 1 amide bonds. The first-order valence-corrected chi connectivity index (χ1v) is 4.25. The minimum absolute atomic E-state index is 0.403. The number of hydrogen-bond acceptors (Lipinski definition) is 3. The van der Waals surface area contributed by atoms with Gasteiger partial charge in [0.1, 0.15) is 0 Å². The number of allylic oxidation sites excluding steroid dienone is 5. The van der Waals surface area contributed by atoms with E-state index in [2.05, 4.69) is 10.2 Å². The highest BCUT2D eigenvalue weighted by atomic mass is 16.1. The second-order valence-corrected chi connectivity index (χ2v) is 3.03. The van der Waals surface area contributed by atoms with Gasteiger partial charge < -0.3 is 5.73 Å². The minimum Gasteiger partial charge on any atom is -0.366 e. The number of fused-ring (bicyclic) bond motifs is 1. The van der Waals surface area contributed by atoms with Crippen molar-refractivity contribution < 1.29 is 4.79 Å². The Morgan fingerprint density at radius 1 is 1.43 bits per heavy atom. The van der Waals surface area contributed by atoms with Crippen molar-refractivity contribution in [1.82, 2.24) is 0 Å². The van der Waals surface area contributed by atoms with Crippen LogP contribution in [0.4, 0.5) is 0 Å². The van der Waals surface area contributed by atoms with Gasteiger partial charge in [0.25, 0.3) is 0 Å². The smallest absolute Gasteiger partial charge is 0.245 e. The first-order valence-electron chi connectivity index (χ1n) is 4.25. The summed E-state index contributed by atoms with van der Waals surface area (Å²) in [6.07, 6.45) is 9.34. The van der Waals surface area contributed by atoms with E-state index in [-0.39, 0.29) is 0 Å². The van der Waals surface area contributed by atoms with Crippen molar-refractivity contribution in [2.45, 2.75) is 6.42 Å². The molecule has 0 bridgehead atoms. The molecule has 1 aliphatic heterocycles. The number of hydrogen-bond donors (Lipinski definition) is 1. The number of carbonyl (C=O) groups is 1. The summed E-state index contributed by atoms with van der Waals surface area (Å²) in [6.45, 7) is 0. The molecule has 1 aliphatic carbocycles. The number of carbonyl (C=O) groups excluding carboxylic acids is 1. The van der Waals surface area contributed by atoms with Crippen molar-refractivity contribution in [3.05, 3.63) is 35.5 Å². The number of amides is 1. The molecule has 1 heterocycles. The topological polar surface area (TPSA) is 67.8 Å². The predicted molar refractivity (Wildman–Crippen MR) is 55.0 cm³/mol. The van der Waals surface area contributed by atoms with Gasteiger partial charge in [-0.05, 0) is 11.6 Å². The molecule has 2 N–H and O–H groups in total. The first kappa shape index (κ1) is 8.62. The fourth-order valence-electron chi connectivity index (χ4n) is 1.33. The largest absolute Gasteiger partial charge is 0.366 e. The summed E-state index contributed by atoms with van der Waals surface area (Å²) in [5.74, 6) is -0.403. The summed E-state index contributed by atoms with van der Waals surface area (Å²) >= 11 is 0. The highest BCUT2D eigenvalue weighted by molar-refractivity contribution is 6.11. The zero-order valence-corrected chi connectivity index (χ0v) is 7.47. The fourth-order valence-corrected chi connectivity index (χ4v) is 1.33. The van der Waals surface area contributed by atoms with Gasteiger partial charge in [0.05, 0.1) is 5.71 Å². The van der Waals surface area contributed by atoms with E-state index in [9.17, 15) is 4.79 Å². The van der Waals surface area contributed by atoms with Gasteiger partial charge in [-0.1, -0.05) is 18.2 Å². The van der Waals surface area contributed by atoms with Crippen LogP contribution in [0.2, 0.25) is 0 Å². The summed E-state index contributed by atoms with van der Waals surface area (Å²) < 4.78 is 0. The molecule has 0 aromatic rings. The van der Waals surface area contributed by atoms with E-state index in [1.807, 2.05) is 18.2 Å². The molecule has 0 spiro atoms. The van der Waals surface area contributed by atoms with Crippen molar-refractivity contribution in [2.75, 3.05) is 0 Å². The van der Waals surface area contributed by atoms with Crippen LogP contribution in [0.25, 0.3) is 0 Å². The highest BCUT2D eigenvalue weighted by Gasteiger charge is 2.16. The third-order valence-electron chi connectivity index (χ3n) is 2.08. The Morgan fingerprint density at radius 3 is 3.07 bits per heavy atom. The Bertz CT molecular complexity index is 425. The normalized spacial score (nSPS) is 19.0. The van der Waals surface area contributed by atoms with E-state index in [4.69, 9.17) is 5.73 Å². The third-order valence-corrected chi connectivity index (χ3v) is 2.08. The monoisotopic (exact) mass is 187 g/mol. The maximum Gasteiger partial charge on any atom is 0.245 e. The Labute approximate surface area is 81.2 Å². The van der Waals surface area contributed by atoms with Crippen LogP contribution in [0.3, 0.4) is 0 Å². The van der Waals surface area contributed by atoms with Crippen molar-refractivity contribution in [1.29, 1.82) is 0 Å². The second kappa shape index (κ2) is 3.41. The molecule has 4 heteroatoms. The number of nitrogens with zero attached hydrogens (tertiary/aromatic N) is 2. The predicted octanol–water partition coefficient (Wildman–Crippen LogP) is 0.725. The quantitative estimate of drug-likeness (QED) is 0.645. The zero-order chi connectivity index (χ0) is 9.97. The van der Waals surface area contributed by atoms with Crippen molar-refractivity contribution in [2.24, 2.45) is 15.9 Å². The van der Waals surface area contributed by atoms with Crippen LogP contribution in [0.15, 0.2) is 45.7 Å². The van der Waals surface area contributed by atoms with Gasteiger partial charge >= 0.3 is 0 Å². The lowest BCUT2D eigenvalue weighted by Gasteiger charge is -2.10. The minimum atomic E-state index is -0.403. The van der Waals surface area contributed by atoms with Gasteiger partial charge in [0, 0.05) is 18.2 Å². The summed E-state index contributed by atoms with van der Waals surface area (Å²) in [5.41, 5.74) is 7.51. The average molecular weight is 187 g/mol. The Balaban J connectivity index is 2.38. The van der Waals surface area contributed by atoms with Gasteiger partial charge in [0.15, 0.2) is 0 Å². The molecule has 0 saturated carbocycles. The molecular formula is C10H9N3O. The van der Waals surface area contributed by atoms with Gasteiger partial charge in [-0.2, -0.15) is 10.2 Å². The molecule has 0 fully saturated rings. The summed E-state index contributed by atoms with van der Waals surface area (Å²) in [6, 6.07) is 0. The van der Waals surface area contributed by atoms with E-state index < -0.39 is 5.91 Å². The molecule has 0 atom stereocenters. The van der Waals surface area contributed by atoms with E-state index >= 15 is 0 Å². The molecule has 0 radical (unpaired) electrons. The summed E-state index contributed by atoms with van der Waals surface area (Å²) in [7, 11) is 0. The molecule has 0 saturated heterocycles. The zero-order valence-electron chi connectivity index (χ0n) is 7.47. The van der Waals surface area contributed by atoms with Crippen molar-refractivity contribution in [3.8, 4) is 0 Å². The average Bonchev–Trinajstić information content (AvgIpc) is 2.41. The van der Waals surface area contributed by atoms with Gasteiger partial charge in [-0.25, -0.2) is 0 Å². The molecule has 2 aliphatic rings. The van der Waals surface area contributed by atoms with Crippen molar-refractivity contribution >= 4 is 17.8 Å². The fraction of sp³-hybridized carbons (Fsp3) is 0.100. The molecule has 2 rings (SSSR count). The van der Waals surface area contributed by atoms with Crippen LogP contribution in [-0.4, -0.2) is 17.8 Å². The lowest BCUT2D eigenvalue weighted by molar-refractivity contribution is -0.114. The van der Waals surface area contributed by atoms with E-state index in [1.54, 1.807) is 12.3 Å². The Hall–Kier alpha value is -1.97. The standard InChI is InChI=1S/C10H9N3O/c11-10(14)8-4-3-7-2-1-5-12-13-9(7)6-8/h1-5H,6H2,(H2,11,14). The van der Waals surface area contributed by atoms with Crippen LogP contribution in [0, 0.1) is 0 Å². The van der Waals surface area contributed by atoms with Gasteiger partial charge in [0.2, 0.25) is 5.91 Å². The van der Waals surface area contributed by atoms with Gasteiger partial charge in [-0.3, -0.25) is 4.79 Å². The van der Waals surface area contributed by atoms with Crippen molar-refractivity contribution in [3.63, 3.8) is 0 Å². The summed E-state index contributed by atoms with van der Waals surface area (Å²) in [5, 5.41) is 7.79. The molecule has 0 unspecified atom stereocenters. The Kier molecular flexibility index (Phi) is 2.10. The van der Waals surface area contributed by atoms with Crippen LogP contribution in [0.5, 0.6) is 0 Å². The van der Waals surface area contributed by atoms with Crippen LogP contribution >= 0.6 is 0 Å². The molecule has 14 heavy (non-hydrogen) atoms. The van der Waals surface area contributed by atoms with Crippen LogP contribution in [0.1, 0.15) is 6.42 Å². The van der Waals surface area contributed by atoms with E-state index in [1.165, 1.54) is 0 Å². The lowest BCUT2D eigenvalue weighted by atomic mass is 9.96. The number of nitrogens with two attached hydrogens (primary N) is 1. The van der Waals surface area contributed by atoms with Gasteiger partial charge in [-0.15, -0.1) is 0 Å². The van der Waals surface area contributed by atoms with Crippen LogP contribution in [-0.2, 0) is 4.79 Å².